The number of anilines is 1. The summed E-state index contributed by atoms with van der Waals surface area (Å²) in [4.78, 5) is 27.2. The molecule has 1 aromatic carbocycles. The number of methoxy groups -OCH3 is 1. The Morgan fingerprint density at radius 3 is 2.82 bits per heavy atom. The highest BCUT2D eigenvalue weighted by molar-refractivity contribution is 5.93. The summed E-state index contributed by atoms with van der Waals surface area (Å²) in [5, 5.41) is 10.4. The van der Waals surface area contributed by atoms with Crippen LogP contribution in [-0.4, -0.2) is 41.1 Å². The van der Waals surface area contributed by atoms with Gasteiger partial charge in [0, 0.05) is 43.1 Å². The van der Waals surface area contributed by atoms with Crippen molar-refractivity contribution in [2.24, 2.45) is 0 Å². The van der Waals surface area contributed by atoms with Crippen LogP contribution in [0.5, 0.6) is 5.75 Å². The van der Waals surface area contributed by atoms with E-state index < -0.39 is 11.4 Å². The van der Waals surface area contributed by atoms with Crippen LogP contribution in [0.4, 0.5) is 14.6 Å². The molecule has 9 heteroatoms. The van der Waals surface area contributed by atoms with E-state index in [9.17, 15) is 18.8 Å². The second kappa shape index (κ2) is 8.37. The van der Waals surface area contributed by atoms with E-state index in [1.807, 2.05) is 41.3 Å². The number of alkyl halides is 2. The lowest BCUT2D eigenvalue weighted by molar-refractivity contribution is -0.0102. The van der Waals surface area contributed by atoms with E-state index in [1.165, 1.54) is 13.3 Å². The first kappa shape index (κ1) is 21.8. The number of H-pyrrole nitrogens is 1. The van der Waals surface area contributed by atoms with Crippen LogP contribution in [0.25, 0.3) is 33.1 Å². The monoisotopic (exact) mass is 461 g/mol. The van der Waals surface area contributed by atoms with Gasteiger partial charge in [-0.15, -0.1) is 0 Å². The Morgan fingerprint density at radius 1 is 1.21 bits per heavy atom. The molecule has 172 valence electrons. The van der Waals surface area contributed by atoms with Crippen molar-refractivity contribution in [1.82, 2.24) is 15.0 Å². The number of aromatic nitrogens is 3. The minimum absolute atomic E-state index is 0.00444. The number of rotatable bonds is 3. The number of nitrogens with one attached hydrogen (secondary N) is 1. The lowest BCUT2D eigenvalue weighted by Crippen LogP contribution is -2.27. The molecule has 3 aromatic heterocycles. The summed E-state index contributed by atoms with van der Waals surface area (Å²) in [6.07, 6.45) is 1.32. The van der Waals surface area contributed by atoms with E-state index in [0.717, 1.165) is 10.9 Å². The SMILES string of the molecule is COc1c(-c2cc3ccccc3nc2N2CCCC(F)(F)CC2)[nH]c2ccnc(C#N)c2c1=O. The van der Waals surface area contributed by atoms with Gasteiger partial charge in [-0.25, -0.2) is 18.7 Å². The Bertz CT molecular complexity index is 1510. The lowest BCUT2D eigenvalue weighted by atomic mass is 10.0. The molecular weight excluding hydrogens is 440 g/mol. The zero-order valence-corrected chi connectivity index (χ0v) is 18.4. The predicted octanol–water partition coefficient (Wildman–Crippen LogP) is 4.64. The van der Waals surface area contributed by atoms with Gasteiger partial charge in [0.15, 0.2) is 11.4 Å². The molecule has 0 spiro atoms. The molecule has 0 aliphatic carbocycles. The maximum atomic E-state index is 14.1. The van der Waals surface area contributed by atoms with Crippen LogP contribution in [0, 0.1) is 11.3 Å². The third-order valence-corrected chi connectivity index (χ3v) is 6.17. The highest BCUT2D eigenvalue weighted by Crippen LogP contribution is 2.38. The normalized spacial score (nSPS) is 15.8. The molecule has 0 amide bonds. The van der Waals surface area contributed by atoms with Gasteiger partial charge in [-0.3, -0.25) is 4.79 Å². The summed E-state index contributed by atoms with van der Waals surface area (Å²) in [6.45, 7) is 0.546. The Kier molecular flexibility index (Phi) is 5.36. The first-order valence-corrected chi connectivity index (χ1v) is 10.9. The Balaban J connectivity index is 1.79. The van der Waals surface area contributed by atoms with Crippen LogP contribution in [0.3, 0.4) is 0 Å². The van der Waals surface area contributed by atoms with Crippen molar-refractivity contribution in [3.05, 3.63) is 58.5 Å². The van der Waals surface area contributed by atoms with Crippen molar-refractivity contribution in [3.63, 3.8) is 0 Å². The fourth-order valence-electron chi connectivity index (χ4n) is 4.49. The number of nitriles is 1. The van der Waals surface area contributed by atoms with Gasteiger partial charge in [0.2, 0.25) is 11.4 Å². The minimum atomic E-state index is -2.72. The van der Waals surface area contributed by atoms with E-state index in [4.69, 9.17) is 9.72 Å². The van der Waals surface area contributed by atoms with Gasteiger partial charge in [0.25, 0.3) is 0 Å². The van der Waals surface area contributed by atoms with Crippen molar-refractivity contribution >= 4 is 27.6 Å². The van der Waals surface area contributed by atoms with Gasteiger partial charge in [0.05, 0.1) is 29.2 Å². The van der Waals surface area contributed by atoms with E-state index in [2.05, 4.69) is 9.97 Å². The van der Waals surface area contributed by atoms with Crippen LogP contribution in [0.2, 0.25) is 0 Å². The fourth-order valence-corrected chi connectivity index (χ4v) is 4.49. The van der Waals surface area contributed by atoms with Gasteiger partial charge in [-0.2, -0.15) is 5.26 Å². The van der Waals surface area contributed by atoms with Crippen molar-refractivity contribution in [3.8, 4) is 23.1 Å². The number of benzene rings is 1. The average Bonchev–Trinajstić information content (AvgIpc) is 3.02. The molecule has 0 unspecified atom stereocenters. The number of fused-ring (bicyclic) bond motifs is 2. The maximum absolute atomic E-state index is 14.1. The first-order valence-electron chi connectivity index (χ1n) is 10.9. The Morgan fingerprint density at radius 2 is 2.03 bits per heavy atom. The number of para-hydroxylation sites is 1. The summed E-state index contributed by atoms with van der Waals surface area (Å²) >= 11 is 0. The molecule has 1 aliphatic rings. The number of halogens is 2. The number of aromatic amines is 1. The average molecular weight is 461 g/mol. The summed E-state index contributed by atoms with van der Waals surface area (Å²) in [7, 11) is 1.38. The highest BCUT2D eigenvalue weighted by atomic mass is 19.3. The van der Waals surface area contributed by atoms with Gasteiger partial charge >= 0.3 is 0 Å². The molecule has 4 heterocycles. The van der Waals surface area contributed by atoms with E-state index in [-0.39, 0.29) is 36.2 Å². The van der Waals surface area contributed by atoms with Gasteiger partial charge < -0.3 is 14.6 Å². The van der Waals surface area contributed by atoms with E-state index in [0.29, 0.717) is 35.6 Å². The number of ether oxygens (including phenoxy) is 1. The molecular formula is C25H21F2N5O2. The third-order valence-electron chi connectivity index (χ3n) is 6.17. The Labute approximate surface area is 193 Å². The topological polar surface area (TPSA) is 94.9 Å². The molecule has 34 heavy (non-hydrogen) atoms. The molecule has 0 radical (unpaired) electrons. The molecule has 1 aliphatic heterocycles. The van der Waals surface area contributed by atoms with Crippen molar-refractivity contribution in [2.45, 2.75) is 25.2 Å². The summed E-state index contributed by atoms with van der Waals surface area (Å²) in [5.41, 5.74) is 1.60. The van der Waals surface area contributed by atoms with Gasteiger partial charge in [-0.05, 0) is 24.6 Å². The molecule has 1 saturated heterocycles. The Hall–Kier alpha value is -4.06. The van der Waals surface area contributed by atoms with Crippen molar-refractivity contribution in [2.75, 3.05) is 25.1 Å². The first-order chi connectivity index (χ1) is 16.4. The summed E-state index contributed by atoms with van der Waals surface area (Å²) in [5.74, 6) is -2.21. The maximum Gasteiger partial charge on any atom is 0.249 e. The number of hydrogen-bond donors (Lipinski definition) is 1. The molecule has 0 saturated carbocycles. The van der Waals surface area contributed by atoms with Crippen LogP contribution in [0.1, 0.15) is 25.0 Å². The van der Waals surface area contributed by atoms with Crippen LogP contribution >= 0.6 is 0 Å². The van der Waals surface area contributed by atoms with Crippen molar-refractivity contribution in [1.29, 1.82) is 5.26 Å². The molecule has 0 bridgehead atoms. The quantitative estimate of drug-likeness (QED) is 0.478. The summed E-state index contributed by atoms with van der Waals surface area (Å²) in [6, 6.07) is 12.9. The predicted molar refractivity (Wildman–Crippen MR) is 125 cm³/mol. The third kappa shape index (κ3) is 3.71. The van der Waals surface area contributed by atoms with Crippen LogP contribution in [-0.2, 0) is 0 Å². The van der Waals surface area contributed by atoms with Gasteiger partial charge in [0.1, 0.15) is 11.9 Å². The standard InChI is InChI=1S/C25H21F2N5O2/c1-34-23-21(30-18-7-10-29-19(14-28)20(18)22(23)33)16-13-15-5-2-3-6-17(15)31-24(16)32-11-4-8-25(26,27)9-12-32/h2-3,5-7,10,13H,4,8-9,11-12H2,1H3,(H,30,33). The second-order valence-electron chi connectivity index (χ2n) is 8.31. The smallest absolute Gasteiger partial charge is 0.249 e. The zero-order valence-electron chi connectivity index (χ0n) is 18.4. The highest BCUT2D eigenvalue weighted by Gasteiger charge is 2.33. The molecule has 0 atom stereocenters. The molecule has 1 fully saturated rings. The van der Waals surface area contributed by atoms with E-state index >= 15 is 0 Å². The molecule has 4 aromatic rings. The van der Waals surface area contributed by atoms with Crippen LogP contribution in [0.15, 0.2) is 47.4 Å². The molecule has 5 rings (SSSR count). The van der Waals surface area contributed by atoms with E-state index in [1.54, 1.807) is 6.07 Å². The van der Waals surface area contributed by atoms with Gasteiger partial charge in [-0.1, -0.05) is 18.2 Å². The summed E-state index contributed by atoms with van der Waals surface area (Å²) < 4.78 is 33.7. The van der Waals surface area contributed by atoms with Crippen molar-refractivity contribution < 1.29 is 13.5 Å². The number of nitrogens with zero attached hydrogens (tertiary/aromatic N) is 4. The minimum Gasteiger partial charge on any atom is -0.491 e. The molecule has 7 nitrogen and oxygen atoms in total. The lowest BCUT2D eigenvalue weighted by Gasteiger charge is -2.25. The largest absolute Gasteiger partial charge is 0.491 e. The second-order valence-corrected chi connectivity index (χ2v) is 8.31. The zero-order chi connectivity index (χ0) is 23.9. The number of hydrogen-bond acceptors (Lipinski definition) is 6. The number of pyridine rings is 3. The molecule has 1 N–H and O–H groups in total. The fraction of sp³-hybridized carbons (Fsp3) is 0.280. The van der Waals surface area contributed by atoms with Crippen LogP contribution < -0.4 is 15.1 Å².